The van der Waals surface area contributed by atoms with E-state index in [-0.39, 0.29) is 17.7 Å². The van der Waals surface area contributed by atoms with Crippen LogP contribution in [0.1, 0.15) is 41.3 Å². The predicted molar refractivity (Wildman–Crippen MR) is 115 cm³/mol. The van der Waals surface area contributed by atoms with Gasteiger partial charge in [-0.15, -0.1) is 0 Å². The van der Waals surface area contributed by atoms with E-state index in [0.717, 1.165) is 12.0 Å². The number of fused-ring (bicyclic) bond motifs is 3. The summed E-state index contributed by atoms with van der Waals surface area (Å²) in [5.41, 5.74) is 4.24. The van der Waals surface area contributed by atoms with Crippen molar-refractivity contribution < 1.29 is 34.2 Å². The summed E-state index contributed by atoms with van der Waals surface area (Å²) in [6.07, 6.45) is 1.87. The molecule has 6 unspecified atom stereocenters. The molecule has 0 radical (unpaired) electrons. The molecule has 2 saturated carbocycles. The van der Waals surface area contributed by atoms with Gasteiger partial charge in [-0.25, -0.2) is 0 Å². The molecule has 4 N–H and O–H groups in total. The van der Waals surface area contributed by atoms with Gasteiger partial charge in [0.1, 0.15) is 5.75 Å². The highest BCUT2D eigenvalue weighted by Crippen LogP contribution is 2.51. The van der Waals surface area contributed by atoms with Crippen molar-refractivity contribution in [1.82, 2.24) is 4.90 Å². The van der Waals surface area contributed by atoms with E-state index in [2.05, 4.69) is 0 Å². The topological polar surface area (TPSA) is 155 Å². The fourth-order valence-corrected chi connectivity index (χ4v) is 6.17. The zero-order valence-electron chi connectivity index (χ0n) is 18.8. The van der Waals surface area contributed by atoms with E-state index in [1.807, 2.05) is 6.92 Å². The van der Waals surface area contributed by atoms with Gasteiger partial charge in [-0.3, -0.25) is 28.9 Å². The van der Waals surface area contributed by atoms with Crippen molar-refractivity contribution in [3.05, 3.63) is 28.8 Å². The molecule has 9 nitrogen and oxygen atoms in total. The van der Waals surface area contributed by atoms with Gasteiger partial charge in [0.25, 0.3) is 0 Å². The Morgan fingerprint density at radius 3 is 2.42 bits per heavy atom. The van der Waals surface area contributed by atoms with E-state index in [9.17, 15) is 34.2 Å². The molecule has 3 aliphatic carbocycles. The summed E-state index contributed by atoms with van der Waals surface area (Å²) in [5, 5.41) is 21.9. The van der Waals surface area contributed by atoms with Gasteiger partial charge in [-0.1, -0.05) is 19.4 Å². The number of aromatic hydroxyl groups is 1. The molecule has 9 heteroatoms. The lowest BCUT2D eigenvalue weighted by molar-refractivity contribution is -0.181. The van der Waals surface area contributed by atoms with Crippen LogP contribution in [0, 0.1) is 23.7 Å². The molecular formula is C24H28N2O7. The number of Topliss-reactive ketones (excluding diaryl/α,β-unsaturated/α-hetero) is 4. The lowest BCUT2D eigenvalue weighted by Crippen LogP contribution is -2.74. The van der Waals surface area contributed by atoms with Gasteiger partial charge in [0, 0.05) is 5.92 Å². The number of primary amides is 1. The van der Waals surface area contributed by atoms with Crippen LogP contribution in [0.2, 0.25) is 0 Å². The monoisotopic (exact) mass is 456 g/mol. The molecule has 0 bridgehead atoms. The molecule has 33 heavy (non-hydrogen) atoms. The highest BCUT2D eigenvalue weighted by Gasteiger charge is 2.69. The van der Waals surface area contributed by atoms with Crippen LogP contribution in [0.15, 0.2) is 12.1 Å². The van der Waals surface area contributed by atoms with Crippen LogP contribution < -0.4 is 5.73 Å². The Balaban J connectivity index is 1.87. The molecule has 2 fully saturated rings. The van der Waals surface area contributed by atoms with Crippen molar-refractivity contribution in [2.45, 2.75) is 44.2 Å². The lowest BCUT2D eigenvalue weighted by atomic mass is 9.52. The van der Waals surface area contributed by atoms with Crippen LogP contribution in [0.3, 0.4) is 0 Å². The zero-order chi connectivity index (χ0) is 24.4. The Bertz CT molecular complexity index is 1090. The Morgan fingerprint density at radius 1 is 1.18 bits per heavy atom. The Morgan fingerprint density at radius 2 is 1.85 bits per heavy atom. The molecule has 1 aromatic rings. The SMILES string of the molecule is CCCc1ccc(O)c2c1CC1CC3C(N(C)C)C(=O)C(C(N)=O)C(=O)C3(O)C(=O)C1C2=O. The second kappa shape index (κ2) is 7.85. The maximum Gasteiger partial charge on any atom is 0.235 e. The number of rotatable bonds is 4. The molecule has 4 rings (SSSR count). The minimum atomic E-state index is -2.69. The number of hydrogen-bond acceptors (Lipinski definition) is 8. The van der Waals surface area contributed by atoms with Crippen molar-refractivity contribution in [2.75, 3.05) is 14.1 Å². The second-order valence-electron chi connectivity index (χ2n) is 9.64. The van der Waals surface area contributed by atoms with Gasteiger partial charge < -0.3 is 15.9 Å². The van der Waals surface area contributed by atoms with Gasteiger partial charge in [-0.2, -0.15) is 0 Å². The summed E-state index contributed by atoms with van der Waals surface area (Å²) >= 11 is 0. The Labute approximate surface area is 190 Å². The molecule has 1 aromatic carbocycles. The first-order chi connectivity index (χ1) is 15.5. The van der Waals surface area contributed by atoms with E-state index >= 15 is 0 Å². The van der Waals surface area contributed by atoms with E-state index in [0.29, 0.717) is 18.4 Å². The molecule has 6 atom stereocenters. The average Bonchev–Trinajstić information content (AvgIpc) is 2.72. The van der Waals surface area contributed by atoms with Crippen molar-refractivity contribution in [2.24, 2.45) is 29.4 Å². The molecule has 0 aliphatic heterocycles. The number of carbonyl (C=O) groups excluding carboxylic acids is 5. The lowest BCUT2D eigenvalue weighted by Gasteiger charge is -2.52. The number of aryl methyl sites for hydroxylation is 1. The maximum atomic E-state index is 13.7. The van der Waals surface area contributed by atoms with Gasteiger partial charge in [0.05, 0.1) is 17.5 Å². The van der Waals surface area contributed by atoms with Crippen molar-refractivity contribution >= 4 is 29.0 Å². The quantitative estimate of drug-likeness (QED) is 0.527. The van der Waals surface area contributed by atoms with E-state index in [1.54, 1.807) is 20.2 Å². The summed E-state index contributed by atoms with van der Waals surface area (Å²) in [6.45, 7) is 1.99. The molecule has 0 aromatic heterocycles. The number of likely N-dealkylation sites (N-methyl/N-ethyl adjacent to an activating group) is 1. The summed E-state index contributed by atoms with van der Waals surface area (Å²) in [7, 11) is 3.12. The van der Waals surface area contributed by atoms with Gasteiger partial charge >= 0.3 is 0 Å². The number of nitrogens with zero attached hydrogens (tertiary/aromatic N) is 1. The number of hydrogen-bond donors (Lipinski definition) is 3. The fraction of sp³-hybridized carbons (Fsp3) is 0.542. The minimum absolute atomic E-state index is 0.0487. The van der Waals surface area contributed by atoms with Crippen LogP contribution >= 0.6 is 0 Å². The second-order valence-corrected chi connectivity index (χ2v) is 9.64. The smallest absolute Gasteiger partial charge is 0.235 e. The fourth-order valence-electron chi connectivity index (χ4n) is 6.17. The molecule has 1 amide bonds. The highest BCUT2D eigenvalue weighted by molar-refractivity contribution is 6.32. The number of nitrogens with two attached hydrogens (primary N) is 1. The van der Waals surface area contributed by atoms with Crippen LogP contribution in [0.5, 0.6) is 5.75 Å². The van der Waals surface area contributed by atoms with E-state index < -0.39 is 64.4 Å². The normalized spacial score (nSPS) is 33.5. The number of phenolic OH excluding ortho intramolecular Hbond substituents is 1. The van der Waals surface area contributed by atoms with Crippen LogP contribution in [-0.4, -0.2) is 69.9 Å². The van der Waals surface area contributed by atoms with Gasteiger partial charge in [-0.05, 0) is 56.5 Å². The predicted octanol–water partition coefficient (Wildman–Crippen LogP) is -0.180. The van der Waals surface area contributed by atoms with Crippen LogP contribution in [0.25, 0.3) is 0 Å². The van der Waals surface area contributed by atoms with Crippen molar-refractivity contribution in [3.63, 3.8) is 0 Å². The first-order valence-electron chi connectivity index (χ1n) is 11.1. The number of phenols is 1. The van der Waals surface area contributed by atoms with E-state index in [4.69, 9.17) is 5.73 Å². The summed E-state index contributed by atoms with van der Waals surface area (Å²) in [4.78, 5) is 66.8. The number of benzene rings is 1. The largest absolute Gasteiger partial charge is 0.507 e. The third-order valence-corrected chi connectivity index (χ3v) is 7.56. The first-order valence-corrected chi connectivity index (χ1v) is 11.1. The third kappa shape index (κ3) is 3.09. The minimum Gasteiger partial charge on any atom is -0.507 e. The third-order valence-electron chi connectivity index (χ3n) is 7.56. The number of amides is 1. The summed E-state index contributed by atoms with van der Waals surface area (Å²) < 4.78 is 0. The molecule has 0 spiro atoms. The van der Waals surface area contributed by atoms with Gasteiger partial charge in [0.2, 0.25) is 5.91 Å². The average molecular weight is 456 g/mol. The molecule has 0 saturated heterocycles. The first kappa shape index (κ1) is 23.3. The molecule has 176 valence electrons. The van der Waals surface area contributed by atoms with Gasteiger partial charge in [0.15, 0.2) is 34.7 Å². The highest BCUT2D eigenvalue weighted by atomic mass is 16.3. The number of carbonyl (C=O) groups is 5. The van der Waals surface area contributed by atoms with E-state index in [1.165, 1.54) is 11.0 Å². The molecule has 3 aliphatic rings. The zero-order valence-corrected chi connectivity index (χ0v) is 18.8. The number of aliphatic hydroxyl groups is 1. The molecular weight excluding hydrogens is 428 g/mol. The maximum absolute atomic E-state index is 13.7. The Kier molecular flexibility index (Phi) is 5.53. The molecule has 0 heterocycles. The summed E-state index contributed by atoms with van der Waals surface area (Å²) in [5.74, 6) is -10.1. The van der Waals surface area contributed by atoms with Crippen molar-refractivity contribution in [3.8, 4) is 5.75 Å². The van der Waals surface area contributed by atoms with Crippen LogP contribution in [0.4, 0.5) is 0 Å². The number of ketones is 4. The van der Waals surface area contributed by atoms with Crippen molar-refractivity contribution in [1.29, 1.82) is 0 Å². The standard InChI is InChI=1S/C24H28N2O7/c1-4-5-10-6-7-14(27)16-12(10)8-11-9-13-18(26(2)3)20(29)17(23(25)32)22(31)24(13,33)21(30)15(11)19(16)28/h6-7,11,13,15,17-18,27,33H,4-5,8-9H2,1-3H3,(H2,25,32). The Hall–Kier alpha value is -2.91. The summed E-state index contributed by atoms with van der Waals surface area (Å²) in [6, 6.07) is 2.09. The van der Waals surface area contributed by atoms with Crippen LogP contribution in [-0.2, 0) is 32.0 Å².